The van der Waals surface area contributed by atoms with E-state index in [0.717, 1.165) is 69.5 Å². The standard InChI is InChI=1S/C30H31N5O3S/c1-18-16-35(17-19(2)38-18)29-5-3-4-24(34-29)25-9-7-21-14-31-22(13-26(21)33-25)15-32-30(37)20-6-8-23-27(36)10-11-39-28(23)12-20/h3-9,12-14,18-19,27,36H,10-11,15-17H2,1-2H3,(H,32,37). The number of aliphatic hydroxyl groups is 1. The fraction of sp³-hybridized carbons (Fsp3) is 0.333. The fourth-order valence-corrected chi connectivity index (χ4v) is 6.33. The predicted octanol–water partition coefficient (Wildman–Crippen LogP) is 4.76. The minimum Gasteiger partial charge on any atom is -0.388 e. The third-order valence-corrected chi connectivity index (χ3v) is 8.19. The summed E-state index contributed by atoms with van der Waals surface area (Å²) in [7, 11) is 0. The average molecular weight is 542 g/mol. The Morgan fingerprint density at radius 3 is 2.74 bits per heavy atom. The van der Waals surface area contributed by atoms with Crippen molar-refractivity contribution in [2.24, 2.45) is 0 Å². The lowest BCUT2D eigenvalue weighted by Gasteiger charge is -2.36. The predicted molar refractivity (Wildman–Crippen MR) is 153 cm³/mol. The zero-order valence-corrected chi connectivity index (χ0v) is 22.8. The van der Waals surface area contributed by atoms with Gasteiger partial charge in [-0.05, 0) is 68.3 Å². The van der Waals surface area contributed by atoms with E-state index in [9.17, 15) is 9.90 Å². The first kappa shape index (κ1) is 25.7. The van der Waals surface area contributed by atoms with E-state index in [1.54, 1.807) is 24.0 Å². The molecule has 0 spiro atoms. The van der Waals surface area contributed by atoms with Crippen LogP contribution in [0.3, 0.4) is 0 Å². The number of carbonyl (C=O) groups is 1. The third-order valence-electron chi connectivity index (χ3n) is 7.08. The molecule has 1 saturated heterocycles. The topological polar surface area (TPSA) is 100 Å². The van der Waals surface area contributed by atoms with Gasteiger partial charge in [-0.3, -0.25) is 9.78 Å². The molecule has 0 bridgehead atoms. The Morgan fingerprint density at radius 1 is 1.08 bits per heavy atom. The molecule has 2 aliphatic heterocycles. The molecule has 4 aromatic rings. The largest absolute Gasteiger partial charge is 0.388 e. The van der Waals surface area contributed by atoms with Crippen LogP contribution in [0.25, 0.3) is 22.3 Å². The van der Waals surface area contributed by atoms with Gasteiger partial charge in [0, 0.05) is 40.9 Å². The van der Waals surface area contributed by atoms with Gasteiger partial charge in [-0.15, -0.1) is 11.8 Å². The number of hydrogen-bond acceptors (Lipinski definition) is 8. The molecule has 9 heteroatoms. The summed E-state index contributed by atoms with van der Waals surface area (Å²) in [5.74, 6) is 1.60. The van der Waals surface area contributed by atoms with Crippen LogP contribution < -0.4 is 10.2 Å². The summed E-state index contributed by atoms with van der Waals surface area (Å²) >= 11 is 1.67. The number of nitrogens with zero attached hydrogens (tertiary/aromatic N) is 4. The number of hydrogen-bond donors (Lipinski definition) is 2. The molecule has 1 fully saturated rings. The van der Waals surface area contributed by atoms with Gasteiger partial charge < -0.3 is 20.1 Å². The summed E-state index contributed by atoms with van der Waals surface area (Å²) in [4.78, 5) is 30.4. The van der Waals surface area contributed by atoms with Crippen molar-refractivity contribution < 1.29 is 14.6 Å². The Balaban J connectivity index is 1.18. The van der Waals surface area contributed by atoms with Gasteiger partial charge in [0.25, 0.3) is 5.91 Å². The SMILES string of the molecule is CC1CN(c2cccc(-c3ccc4cnc(CNC(=O)c5ccc6c(c5)SCCC6O)cc4n3)n2)CC(C)O1. The quantitative estimate of drug-likeness (QED) is 0.373. The normalized spacial score (nSPS) is 21.0. The highest BCUT2D eigenvalue weighted by Crippen LogP contribution is 2.36. The van der Waals surface area contributed by atoms with E-state index >= 15 is 0 Å². The zero-order valence-electron chi connectivity index (χ0n) is 22.0. The van der Waals surface area contributed by atoms with Gasteiger partial charge in [0.2, 0.25) is 0 Å². The van der Waals surface area contributed by atoms with Gasteiger partial charge in [0.1, 0.15) is 5.82 Å². The summed E-state index contributed by atoms with van der Waals surface area (Å²) in [5, 5.41) is 14.1. The minimum absolute atomic E-state index is 0.156. The van der Waals surface area contributed by atoms with Gasteiger partial charge in [-0.1, -0.05) is 12.1 Å². The van der Waals surface area contributed by atoms with Crippen molar-refractivity contribution in [1.29, 1.82) is 0 Å². The molecule has 39 heavy (non-hydrogen) atoms. The maximum absolute atomic E-state index is 12.8. The number of ether oxygens (including phenoxy) is 1. The van der Waals surface area contributed by atoms with Crippen LogP contribution in [-0.4, -0.2) is 57.0 Å². The number of thioether (sulfide) groups is 1. The Hall–Kier alpha value is -3.53. The third kappa shape index (κ3) is 5.61. The van der Waals surface area contributed by atoms with Crippen LogP contribution in [0, 0.1) is 0 Å². The Bertz CT molecular complexity index is 1520. The second kappa shape index (κ2) is 10.9. The molecule has 5 heterocycles. The van der Waals surface area contributed by atoms with Crippen LogP contribution in [0.1, 0.15) is 48.0 Å². The summed E-state index contributed by atoms with van der Waals surface area (Å²) in [5.41, 5.74) is 4.59. The van der Waals surface area contributed by atoms with Crippen LogP contribution >= 0.6 is 11.8 Å². The van der Waals surface area contributed by atoms with Crippen LogP contribution in [0.5, 0.6) is 0 Å². The van der Waals surface area contributed by atoms with E-state index in [1.807, 2.05) is 48.5 Å². The molecule has 0 radical (unpaired) electrons. The first-order valence-electron chi connectivity index (χ1n) is 13.3. The Kier molecular flexibility index (Phi) is 7.20. The van der Waals surface area contributed by atoms with E-state index in [-0.39, 0.29) is 24.7 Å². The number of aromatic nitrogens is 3. The van der Waals surface area contributed by atoms with Crippen LogP contribution in [0.4, 0.5) is 5.82 Å². The van der Waals surface area contributed by atoms with E-state index in [1.165, 1.54) is 0 Å². The van der Waals surface area contributed by atoms with Crippen molar-refractivity contribution >= 4 is 34.4 Å². The maximum atomic E-state index is 12.8. The molecule has 2 N–H and O–H groups in total. The first-order chi connectivity index (χ1) is 18.9. The molecular weight excluding hydrogens is 510 g/mol. The second-order valence-corrected chi connectivity index (χ2v) is 11.3. The number of pyridine rings is 3. The smallest absolute Gasteiger partial charge is 0.251 e. The molecule has 1 amide bonds. The molecule has 0 saturated carbocycles. The lowest BCUT2D eigenvalue weighted by molar-refractivity contribution is -0.00545. The molecule has 3 atom stereocenters. The summed E-state index contributed by atoms with van der Waals surface area (Å²) in [6.45, 7) is 6.07. The van der Waals surface area contributed by atoms with Crippen molar-refractivity contribution in [3.05, 3.63) is 77.6 Å². The van der Waals surface area contributed by atoms with Crippen LogP contribution in [0.15, 0.2) is 65.7 Å². The number of benzene rings is 1. The van der Waals surface area contributed by atoms with E-state index in [4.69, 9.17) is 14.7 Å². The van der Waals surface area contributed by atoms with Crippen molar-refractivity contribution in [2.75, 3.05) is 23.7 Å². The molecule has 3 aromatic heterocycles. The number of aliphatic hydroxyl groups excluding tert-OH is 1. The van der Waals surface area contributed by atoms with Gasteiger partial charge in [0.05, 0.1) is 47.5 Å². The molecular formula is C30H31N5O3S. The summed E-state index contributed by atoms with van der Waals surface area (Å²) in [6, 6.07) is 17.4. The monoisotopic (exact) mass is 541 g/mol. The number of morpholine rings is 1. The lowest BCUT2D eigenvalue weighted by Crippen LogP contribution is -2.45. The number of anilines is 1. The van der Waals surface area contributed by atoms with Crippen molar-refractivity contribution in [3.8, 4) is 11.4 Å². The van der Waals surface area contributed by atoms with Gasteiger partial charge in [-0.2, -0.15) is 0 Å². The first-order valence-corrected chi connectivity index (χ1v) is 14.3. The Labute approximate surface area is 231 Å². The molecule has 2 aliphatic rings. The molecule has 1 aromatic carbocycles. The van der Waals surface area contributed by atoms with Gasteiger partial charge in [0.15, 0.2) is 0 Å². The fourth-order valence-electron chi connectivity index (χ4n) is 5.19. The molecule has 3 unspecified atom stereocenters. The molecule has 8 nitrogen and oxygen atoms in total. The number of nitrogens with one attached hydrogen (secondary N) is 1. The van der Waals surface area contributed by atoms with Gasteiger partial charge >= 0.3 is 0 Å². The summed E-state index contributed by atoms with van der Waals surface area (Å²) < 4.78 is 5.87. The number of fused-ring (bicyclic) bond motifs is 2. The van der Waals surface area contributed by atoms with Crippen LogP contribution in [-0.2, 0) is 11.3 Å². The van der Waals surface area contributed by atoms with E-state index < -0.39 is 6.10 Å². The van der Waals surface area contributed by atoms with Crippen molar-refractivity contribution in [2.45, 2.75) is 50.0 Å². The minimum atomic E-state index is -0.456. The highest BCUT2D eigenvalue weighted by molar-refractivity contribution is 7.99. The average Bonchev–Trinajstić information content (AvgIpc) is 2.95. The number of carbonyl (C=O) groups excluding carboxylic acids is 1. The highest BCUT2D eigenvalue weighted by atomic mass is 32.2. The molecule has 0 aliphatic carbocycles. The number of amides is 1. The molecule has 200 valence electrons. The highest BCUT2D eigenvalue weighted by Gasteiger charge is 2.23. The van der Waals surface area contributed by atoms with E-state index in [0.29, 0.717) is 5.56 Å². The number of rotatable bonds is 5. The maximum Gasteiger partial charge on any atom is 0.251 e. The zero-order chi connectivity index (χ0) is 26.9. The summed E-state index contributed by atoms with van der Waals surface area (Å²) in [6.07, 6.45) is 2.37. The van der Waals surface area contributed by atoms with Crippen molar-refractivity contribution in [3.63, 3.8) is 0 Å². The van der Waals surface area contributed by atoms with E-state index in [2.05, 4.69) is 29.0 Å². The van der Waals surface area contributed by atoms with Crippen molar-refractivity contribution in [1.82, 2.24) is 20.3 Å². The Morgan fingerprint density at radius 2 is 1.90 bits per heavy atom. The van der Waals surface area contributed by atoms with Gasteiger partial charge in [-0.25, -0.2) is 9.97 Å². The second-order valence-electron chi connectivity index (χ2n) is 10.2. The molecule has 6 rings (SSSR count). The lowest BCUT2D eigenvalue weighted by atomic mass is 10.0. The van der Waals surface area contributed by atoms with Crippen LogP contribution in [0.2, 0.25) is 0 Å².